The van der Waals surface area contributed by atoms with Crippen molar-refractivity contribution in [3.8, 4) is 0 Å². The van der Waals surface area contributed by atoms with Gasteiger partial charge >= 0.3 is 5.97 Å². The molecule has 24 heavy (non-hydrogen) atoms. The third-order valence-corrected chi connectivity index (χ3v) is 4.97. The van der Waals surface area contributed by atoms with Crippen LogP contribution in [0, 0.1) is 5.92 Å². The van der Waals surface area contributed by atoms with Gasteiger partial charge in [-0.05, 0) is 55.2 Å². The van der Waals surface area contributed by atoms with Crippen molar-refractivity contribution in [3.05, 3.63) is 65.2 Å². The van der Waals surface area contributed by atoms with Gasteiger partial charge in [0.15, 0.2) is 0 Å². The molecule has 1 heterocycles. The lowest BCUT2D eigenvalue weighted by atomic mass is 9.72. The van der Waals surface area contributed by atoms with E-state index in [0.29, 0.717) is 12.2 Å². The average molecular weight is 321 g/mol. The van der Waals surface area contributed by atoms with Crippen LogP contribution >= 0.6 is 0 Å². The molecule has 1 aliphatic carbocycles. The Balaban J connectivity index is 1.63. The van der Waals surface area contributed by atoms with Gasteiger partial charge in [-0.3, -0.25) is 4.79 Å². The van der Waals surface area contributed by atoms with Crippen LogP contribution in [0.5, 0.6) is 0 Å². The summed E-state index contributed by atoms with van der Waals surface area (Å²) in [4.78, 5) is 26.2. The van der Waals surface area contributed by atoms with E-state index in [4.69, 9.17) is 4.74 Å². The molecule has 1 amide bonds. The van der Waals surface area contributed by atoms with Crippen LogP contribution in [0.15, 0.2) is 48.5 Å². The largest absolute Gasteiger partial charge is 0.462 e. The van der Waals surface area contributed by atoms with Crippen molar-refractivity contribution in [3.63, 3.8) is 0 Å². The smallest absolute Gasteiger partial charge is 0.338 e. The highest BCUT2D eigenvalue weighted by Crippen LogP contribution is 2.49. The highest BCUT2D eigenvalue weighted by molar-refractivity contribution is 6.04. The summed E-state index contributed by atoms with van der Waals surface area (Å²) < 4.78 is 5.00. The van der Waals surface area contributed by atoms with E-state index in [2.05, 4.69) is 18.2 Å². The Morgan fingerprint density at radius 1 is 1.17 bits per heavy atom. The number of nitrogens with zero attached hydrogens (tertiary/aromatic N) is 1. The van der Waals surface area contributed by atoms with Gasteiger partial charge in [0.05, 0.1) is 24.1 Å². The molecule has 2 aromatic rings. The molecular weight excluding hydrogens is 302 g/mol. The first-order valence-electron chi connectivity index (χ1n) is 8.38. The summed E-state index contributed by atoms with van der Waals surface area (Å²) in [5.74, 6) is -0.0668. The van der Waals surface area contributed by atoms with Crippen LogP contribution in [-0.2, 0) is 16.0 Å². The Hall–Kier alpha value is -2.62. The zero-order valence-corrected chi connectivity index (χ0v) is 13.6. The number of rotatable bonds is 3. The normalized spacial score (nSPS) is 21.5. The molecule has 4 heteroatoms. The maximum Gasteiger partial charge on any atom is 0.338 e. The number of benzene rings is 2. The highest BCUT2D eigenvalue weighted by atomic mass is 16.5. The number of aryl methyl sites for hydroxylation is 1. The summed E-state index contributed by atoms with van der Waals surface area (Å²) in [5.41, 5.74) is 3.93. The molecule has 4 rings (SSSR count). The number of β-lactam (4-membered cyclic amide) rings is 1. The molecule has 0 bridgehead atoms. The zero-order valence-electron chi connectivity index (χ0n) is 13.6. The minimum Gasteiger partial charge on any atom is -0.462 e. The van der Waals surface area contributed by atoms with Crippen LogP contribution in [0.1, 0.15) is 40.9 Å². The van der Waals surface area contributed by atoms with Crippen molar-refractivity contribution in [2.75, 3.05) is 11.5 Å². The molecule has 0 N–H and O–H groups in total. The number of esters is 1. The van der Waals surface area contributed by atoms with Crippen molar-refractivity contribution in [1.29, 1.82) is 0 Å². The number of carbonyl (C=O) groups is 2. The SMILES string of the molecule is CCOC(=O)c1ccc(N2C(=O)[C@H]3CCc4ccccc4[C@@H]32)cc1. The summed E-state index contributed by atoms with van der Waals surface area (Å²) in [6, 6.07) is 15.6. The minimum atomic E-state index is -0.333. The van der Waals surface area contributed by atoms with Crippen molar-refractivity contribution >= 4 is 17.6 Å². The molecule has 4 nitrogen and oxygen atoms in total. The highest BCUT2D eigenvalue weighted by Gasteiger charge is 2.50. The molecular formula is C20H19NO3. The van der Waals surface area contributed by atoms with E-state index in [1.54, 1.807) is 19.1 Å². The Labute approximate surface area is 141 Å². The molecule has 2 aliphatic rings. The maximum absolute atomic E-state index is 12.6. The van der Waals surface area contributed by atoms with E-state index in [-0.39, 0.29) is 23.8 Å². The summed E-state index contributed by atoms with van der Waals surface area (Å²) in [7, 11) is 0. The van der Waals surface area contributed by atoms with Crippen LogP contribution in [0.25, 0.3) is 0 Å². The Morgan fingerprint density at radius 2 is 1.92 bits per heavy atom. The summed E-state index contributed by atoms with van der Waals surface area (Å²) in [5, 5.41) is 0. The van der Waals surface area contributed by atoms with Gasteiger partial charge in [-0.25, -0.2) is 4.79 Å². The third kappa shape index (κ3) is 2.21. The van der Waals surface area contributed by atoms with Crippen molar-refractivity contribution < 1.29 is 14.3 Å². The van der Waals surface area contributed by atoms with Crippen LogP contribution < -0.4 is 4.90 Å². The quantitative estimate of drug-likeness (QED) is 0.642. The van der Waals surface area contributed by atoms with Crippen molar-refractivity contribution in [1.82, 2.24) is 0 Å². The molecule has 0 saturated carbocycles. The van der Waals surface area contributed by atoms with E-state index < -0.39 is 0 Å². The first-order valence-corrected chi connectivity index (χ1v) is 8.38. The number of anilines is 1. The van der Waals surface area contributed by atoms with Gasteiger partial charge < -0.3 is 9.64 Å². The van der Waals surface area contributed by atoms with Crippen LogP contribution in [0.3, 0.4) is 0 Å². The van der Waals surface area contributed by atoms with E-state index in [1.807, 2.05) is 23.1 Å². The predicted octanol–water partition coefficient (Wildman–Crippen LogP) is 3.51. The van der Waals surface area contributed by atoms with Gasteiger partial charge in [-0.1, -0.05) is 24.3 Å². The fourth-order valence-corrected chi connectivity index (χ4v) is 3.81. The number of hydrogen-bond acceptors (Lipinski definition) is 3. The van der Waals surface area contributed by atoms with Gasteiger partial charge in [0.1, 0.15) is 0 Å². The second kappa shape index (κ2) is 5.78. The van der Waals surface area contributed by atoms with E-state index in [1.165, 1.54) is 11.1 Å². The van der Waals surface area contributed by atoms with Crippen molar-refractivity contribution in [2.24, 2.45) is 5.92 Å². The summed E-state index contributed by atoms with van der Waals surface area (Å²) in [6.45, 7) is 2.14. The van der Waals surface area contributed by atoms with E-state index >= 15 is 0 Å². The monoisotopic (exact) mass is 321 g/mol. The average Bonchev–Trinajstić information content (AvgIpc) is 2.61. The molecule has 1 fully saturated rings. The fraction of sp³-hybridized carbons (Fsp3) is 0.300. The summed E-state index contributed by atoms with van der Waals surface area (Å²) >= 11 is 0. The zero-order chi connectivity index (χ0) is 16.7. The van der Waals surface area contributed by atoms with Gasteiger partial charge in [0.25, 0.3) is 0 Å². The molecule has 0 radical (unpaired) electrons. The second-order valence-corrected chi connectivity index (χ2v) is 6.26. The van der Waals surface area contributed by atoms with Gasteiger partial charge in [0.2, 0.25) is 5.91 Å². The first kappa shape index (κ1) is 14.9. The molecule has 0 unspecified atom stereocenters. The number of amides is 1. The Bertz CT molecular complexity index is 797. The minimum absolute atomic E-state index is 0.0876. The van der Waals surface area contributed by atoms with Gasteiger partial charge in [-0.2, -0.15) is 0 Å². The molecule has 0 aromatic heterocycles. The molecule has 2 aromatic carbocycles. The Morgan fingerprint density at radius 3 is 2.67 bits per heavy atom. The Kier molecular flexibility index (Phi) is 3.60. The van der Waals surface area contributed by atoms with Gasteiger partial charge in [-0.15, -0.1) is 0 Å². The number of carbonyl (C=O) groups excluding carboxylic acids is 2. The molecule has 0 spiro atoms. The number of hydrogen-bond donors (Lipinski definition) is 0. The van der Waals surface area contributed by atoms with Gasteiger partial charge in [0, 0.05) is 5.69 Å². The lowest BCUT2D eigenvalue weighted by molar-refractivity contribution is -0.131. The molecule has 1 aliphatic heterocycles. The van der Waals surface area contributed by atoms with Crippen LogP contribution in [0.2, 0.25) is 0 Å². The van der Waals surface area contributed by atoms with Crippen LogP contribution in [0.4, 0.5) is 5.69 Å². The molecule has 1 saturated heterocycles. The summed E-state index contributed by atoms with van der Waals surface area (Å²) in [6.07, 6.45) is 1.89. The third-order valence-electron chi connectivity index (χ3n) is 4.97. The van der Waals surface area contributed by atoms with Crippen molar-refractivity contribution in [2.45, 2.75) is 25.8 Å². The predicted molar refractivity (Wildman–Crippen MR) is 90.9 cm³/mol. The number of ether oxygens (including phenoxy) is 1. The number of fused-ring (bicyclic) bond motifs is 3. The topological polar surface area (TPSA) is 46.6 Å². The van der Waals surface area contributed by atoms with E-state index in [0.717, 1.165) is 18.5 Å². The lowest BCUT2D eigenvalue weighted by Crippen LogP contribution is -2.57. The lowest BCUT2D eigenvalue weighted by Gasteiger charge is -2.50. The standard InChI is InChI=1S/C20H19NO3/c1-2-24-20(23)14-7-10-15(11-8-14)21-18-16-6-4-3-5-13(16)9-12-17(18)19(21)22/h3-8,10-11,17-18H,2,9,12H2,1H3/t17-,18-/m0/s1. The fourth-order valence-electron chi connectivity index (χ4n) is 3.81. The maximum atomic E-state index is 12.6. The first-order chi connectivity index (χ1) is 11.7. The molecule has 122 valence electrons. The van der Waals surface area contributed by atoms with E-state index in [9.17, 15) is 9.59 Å². The second-order valence-electron chi connectivity index (χ2n) is 6.26. The molecule has 2 atom stereocenters. The van der Waals surface area contributed by atoms with Crippen LogP contribution in [-0.4, -0.2) is 18.5 Å².